The number of nitrogens with one attached hydrogen (secondary N) is 2. The summed E-state index contributed by atoms with van der Waals surface area (Å²) in [5.41, 5.74) is 0.659. The third-order valence-corrected chi connectivity index (χ3v) is 4.09. The van der Waals surface area contributed by atoms with Gasteiger partial charge in [-0.05, 0) is 42.6 Å². The van der Waals surface area contributed by atoms with E-state index in [-0.39, 0.29) is 18.1 Å². The molecular weight excluding hydrogens is 384 g/mol. The Morgan fingerprint density at radius 3 is 2.48 bits per heavy atom. The topological polar surface area (TPSA) is 84.5 Å². The van der Waals surface area contributed by atoms with E-state index < -0.39 is 12.0 Å². The molecule has 1 heterocycles. The molecule has 0 spiro atoms. The Balaban J connectivity index is 2.08. The molecule has 2 rings (SSSR count). The third-order valence-electron chi connectivity index (χ3n) is 2.73. The maximum Gasteiger partial charge on any atom is 0.414 e. The minimum absolute atomic E-state index is 0.163. The van der Waals surface area contributed by atoms with E-state index >= 15 is 0 Å². The van der Waals surface area contributed by atoms with Crippen molar-refractivity contribution < 1.29 is 19.1 Å². The number of hydrogen-bond acceptors (Lipinski definition) is 5. The fourth-order valence-corrected chi connectivity index (χ4v) is 2.73. The number of carbonyl (C=O) groups is 3. The second-order valence-corrected chi connectivity index (χ2v) is 6.13. The number of rotatable bonds is 4. The molecule has 23 heavy (non-hydrogen) atoms. The molecule has 0 saturated heterocycles. The van der Waals surface area contributed by atoms with Crippen molar-refractivity contribution in [3.63, 3.8) is 0 Å². The Labute approximate surface area is 145 Å². The normalized spacial score (nSPS) is 10.0. The van der Waals surface area contributed by atoms with Crippen LogP contribution in [0.5, 0.6) is 0 Å². The highest BCUT2D eigenvalue weighted by molar-refractivity contribution is 9.10. The first-order valence-electron chi connectivity index (χ1n) is 6.63. The summed E-state index contributed by atoms with van der Waals surface area (Å²) in [5.74, 6) is -0.971. The lowest BCUT2D eigenvalue weighted by atomic mass is 10.2. The minimum Gasteiger partial charge on any atom is -0.450 e. The van der Waals surface area contributed by atoms with Gasteiger partial charge in [-0.3, -0.25) is 14.9 Å². The molecule has 6 nitrogen and oxygen atoms in total. The fraction of sp³-hybridized carbons (Fsp3) is 0.133. The standard InChI is InChI=1S/C15H13BrN2O4S/c1-2-22-15(21)18-13(20)11-7-8-23-14(11)17-12(19)9-3-5-10(16)6-4-9/h3-8H,2H2,1H3,(H,17,19)(H,18,20,21). The smallest absolute Gasteiger partial charge is 0.414 e. The molecule has 8 heteroatoms. The van der Waals surface area contributed by atoms with Crippen molar-refractivity contribution in [3.8, 4) is 0 Å². The number of anilines is 1. The number of alkyl carbamates (subject to hydrolysis) is 1. The summed E-state index contributed by atoms with van der Waals surface area (Å²) in [6.07, 6.45) is -0.825. The van der Waals surface area contributed by atoms with Crippen LogP contribution in [0.4, 0.5) is 9.80 Å². The lowest BCUT2D eigenvalue weighted by Crippen LogP contribution is -2.31. The van der Waals surface area contributed by atoms with Gasteiger partial charge in [-0.15, -0.1) is 11.3 Å². The molecule has 2 aromatic rings. The van der Waals surface area contributed by atoms with Gasteiger partial charge in [0.2, 0.25) is 0 Å². The lowest BCUT2D eigenvalue weighted by molar-refractivity contribution is 0.0926. The van der Waals surface area contributed by atoms with E-state index in [1.165, 1.54) is 17.4 Å². The zero-order chi connectivity index (χ0) is 16.8. The van der Waals surface area contributed by atoms with Crippen molar-refractivity contribution in [3.05, 3.63) is 51.3 Å². The number of benzene rings is 1. The summed E-state index contributed by atoms with van der Waals surface area (Å²) in [6, 6.07) is 8.34. The lowest BCUT2D eigenvalue weighted by Gasteiger charge is -2.07. The average molecular weight is 397 g/mol. The average Bonchev–Trinajstić information content (AvgIpc) is 2.96. The highest BCUT2D eigenvalue weighted by atomic mass is 79.9. The highest BCUT2D eigenvalue weighted by Crippen LogP contribution is 2.24. The van der Waals surface area contributed by atoms with E-state index in [2.05, 4.69) is 31.3 Å². The van der Waals surface area contributed by atoms with Gasteiger partial charge in [0.05, 0.1) is 12.2 Å². The molecular formula is C15H13BrN2O4S. The van der Waals surface area contributed by atoms with E-state index in [9.17, 15) is 14.4 Å². The highest BCUT2D eigenvalue weighted by Gasteiger charge is 2.18. The molecule has 0 saturated carbocycles. The Bertz CT molecular complexity index is 727. The van der Waals surface area contributed by atoms with Crippen molar-refractivity contribution in [1.29, 1.82) is 0 Å². The Morgan fingerprint density at radius 1 is 1.13 bits per heavy atom. The van der Waals surface area contributed by atoms with Gasteiger partial charge in [-0.2, -0.15) is 0 Å². The number of ether oxygens (including phenoxy) is 1. The van der Waals surface area contributed by atoms with Crippen LogP contribution in [0, 0.1) is 0 Å². The van der Waals surface area contributed by atoms with E-state index in [0.717, 1.165) is 4.47 Å². The van der Waals surface area contributed by atoms with Gasteiger partial charge in [0.1, 0.15) is 5.00 Å². The van der Waals surface area contributed by atoms with Gasteiger partial charge in [0, 0.05) is 10.0 Å². The maximum absolute atomic E-state index is 12.2. The van der Waals surface area contributed by atoms with Crippen LogP contribution < -0.4 is 10.6 Å². The van der Waals surface area contributed by atoms with Crippen molar-refractivity contribution in [2.24, 2.45) is 0 Å². The van der Waals surface area contributed by atoms with Crippen molar-refractivity contribution in [2.45, 2.75) is 6.92 Å². The summed E-state index contributed by atoms with van der Waals surface area (Å²) in [4.78, 5) is 35.5. The molecule has 0 unspecified atom stereocenters. The molecule has 1 aromatic heterocycles. The van der Waals surface area contributed by atoms with Crippen molar-refractivity contribution >= 4 is 50.2 Å². The van der Waals surface area contributed by atoms with Gasteiger partial charge in [0.25, 0.3) is 11.8 Å². The molecule has 120 valence electrons. The third kappa shape index (κ3) is 4.64. The molecule has 1 aromatic carbocycles. The molecule has 0 aliphatic carbocycles. The molecule has 0 aliphatic rings. The summed E-state index contributed by atoms with van der Waals surface area (Å²) >= 11 is 4.49. The van der Waals surface area contributed by atoms with Gasteiger partial charge >= 0.3 is 6.09 Å². The van der Waals surface area contributed by atoms with Crippen LogP contribution in [0.25, 0.3) is 0 Å². The first kappa shape index (κ1) is 17.2. The Kier molecular flexibility index (Phi) is 5.89. The molecule has 0 atom stereocenters. The molecule has 3 amide bonds. The van der Waals surface area contributed by atoms with E-state index in [0.29, 0.717) is 10.6 Å². The van der Waals surface area contributed by atoms with Gasteiger partial charge in [-0.1, -0.05) is 15.9 Å². The van der Waals surface area contributed by atoms with E-state index in [1.807, 2.05) is 0 Å². The van der Waals surface area contributed by atoms with Gasteiger partial charge < -0.3 is 10.1 Å². The Morgan fingerprint density at radius 2 is 1.83 bits per heavy atom. The fourth-order valence-electron chi connectivity index (χ4n) is 1.69. The van der Waals surface area contributed by atoms with Crippen molar-refractivity contribution in [2.75, 3.05) is 11.9 Å². The first-order valence-corrected chi connectivity index (χ1v) is 8.31. The number of halogens is 1. The molecule has 0 bridgehead atoms. The zero-order valence-electron chi connectivity index (χ0n) is 12.1. The largest absolute Gasteiger partial charge is 0.450 e. The maximum atomic E-state index is 12.2. The van der Waals surface area contributed by atoms with E-state index in [1.54, 1.807) is 36.6 Å². The van der Waals surface area contributed by atoms with E-state index in [4.69, 9.17) is 0 Å². The SMILES string of the molecule is CCOC(=O)NC(=O)c1ccsc1NC(=O)c1ccc(Br)cc1. The number of amides is 3. The molecule has 0 radical (unpaired) electrons. The van der Waals surface area contributed by atoms with Gasteiger partial charge in [-0.25, -0.2) is 4.79 Å². The van der Waals surface area contributed by atoms with Crippen LogP contribution >= 0.6 is 27.3 Å². The van der Waals surface area contributed by atoms with Crippen LogP contribution in [0.2, 0.25) is 0 Å². The predicted octanol–water partition coefficient (Wildman–Crippen LogP) is 3.65. The summed E-state index contributed by atoms with van der Waals surface area (Å²) in [6.45, 7) is 1.80. The van der Waals surface area contributed by atoms with Crippen LogP contribution in [-0.2, 0) is 4.74 Å². The zero-order valence-corrected chi connectivity index (χ0v) is 14.5. The van der Waals surface area contributed by atoms with Crippen molar-refractivity contribution in [1.82, 2.24) is 5.32 Å². The monoisotopic (exact) mass is 396 g/mol. The molecule has 2 N–H and O–H groups in total. The number of carbonyl (C=O) groups excluding carboxylic acids is 3. The molecule has 0 fully saturated rings. The number of hydrogen-bond donors (Lipinski definition) is 2. The second-order valence-electron chi connectivity index (χ2n) is 4.30. The summed E-state index contributed by atoms with van der Waals surface area (Å²) in [7, 11) is 0. The van der Waals surface area contributed by atoms with Gasteiger partial charge in [0.15, 0.2) is 0 Å². The van der Waals surface area contributed by atoms with Crippen LogP contribution in [0.15, 0.2) is 40.2 Å². The second kappa shape index (κ2) is 7.89. The quantitative estimate of drug-likeness (QED) is 0.825. The number of thiophene rings is 1. The molecule has 0 aliphatic heterocycles. The predicted molar refractivity (Wildman–Crippen MR) is 90.9 cm³/mol. The number of imide groups is 1. The van der Waals surface area contributed by atoms with Crippen LogP contribution in [0.1, 0.15) is 27.6 Å². The summed E-state index contributed by atoms with van der Waals surface area (Å²) in [5, 5.41) is 6.77. The Hall–Kier alpha value is -2.19. The van der Waals surface area contributed by atoms with Crippen LogP contribution in [-0.4, -0.2) is 24.5 Å². The van der Waals surface area contributed by atoms with Crippen LogP contribution in [0.3, 0.4) is 0 Å². The minimum atomic E-state index is -0.825. The summed E-state index contributed by atoms with van der Waals surface area (Å²) < 4.78 is 5.51. The first-order chi connectivity index (χ1) is 11.0.